The van der Waals surface area contributed by atoms with Gasteiger partial charge in [0.1, 0.15) is 0 Å². The molecule has 0 atom stereocenters. The van der Waals surface area contributed by atoms with Gasteiger partial charge in [0.15, 0.2) is 0 Å². The Kier molecular flexibility index (Phi) is 2.96. The molecule has 1 fully saturated rings. The van der Waals surface area contributed by atoms with Crippen LogP contribution in [0.25, 0.3) is 0 Å². The molecule has 0 aromatic heterocycles. The molecule has 2 aliphatic carbocycles. The molecule has 0 unspecified atom stereocenters. The summed E-state index contributed by atoms with van der Waals surface area (Å²) >= 11 is 0. The van der Waals surface area contributed by atoms with E-state index in [9.17, 15) is 5.11 Å². The summed E-state index contributed by atoms with van der Waals surface area (Å²) in [4.78, 5) is 0. The number of fused-ring (bicyclic) bond motifs is 2. The zero-order valence-corrected chi connectivity index (χ0v) is 10.5. The molecule has 0 radical (unpaired) electrons. The van der Waals surface area contributed by atoms with E-state index in [1.165, 1.54) is 56.9 Å². The summed E-state index contributed by atoms with van der Waals surface area (Å²) in [6, 6.07) is 6.68. The Morgan fingerprint density at radius 2 is 1.76 bits per heavy atom. The molecule has 0 bridgehead atoms. The molecule has 1 N–H and O–H groups in total. The Labute approximate surface area is 104 Å². The van der Waals surface area contributed by atoms with E-state index in [1.807, 2.05) is 0 Å². The summed E-state index contributed by atoms with van der Waals surface area (Å²) in [5.74, 6) is 0. The number of rotatable bonds is 1. The average Bonchev–Trinajstić information content (AvgIpc) is 2.39. The smallest absolute Gasteiger partial charge is 0.0681 e. The molecule has 2 aliphatic rings. The van der Waals surface area contributed by atoms with Crippen LogP contribution in [0.2, 0.25) is 0 Å². The third kappa shape index (κ3) is 1.91. The maximum Gasteiger partial charge on any atom is 0.0681 e. The highest BCUT2D eigenvalue weighted by Crippen LogP contribution is 2.47. The first-order valence-electron chi connectivity index (χ1n) is 7.07. The SMILES string of the molecule is OCc1ccc2c(c1)CCCC21CCCCC1. The third-order valence-electron chi connectivity index (χ3n) is 4.84. The number of hydrogen-bond donors (Lipinski definition) is 1. The maximum atomic E-state index is 9.24. The predicted molar refractivity (Wildman–Crippen MR) is 70.1 cm³/mol. The lowest BCUT2D eigenvalue weighted by molar-refractivity contribution is 0.254. The lowest BCUT2D eigenvalue weighted by Gasteiger charge is -2.42. The van der Waals surface area contributed by atoms with E-state index in [-0.39, 0.29) is 6.61 Å². The van der Waals surface area contributed by atoms with Gasteiger partial charge in [0.05, 0.1) is 6.61 Å². The van der Waals surface area contributed by atoms with Crippen LogP contribution in [0.4, 0.5) is 0 Å². The Balaban J connectivity index is 2.01. The number of aliphatic hydroxyl groups excluding tert-OH is 1. The summed E-state index contributed by atoms with van der Waals surface area (Å²) in [6.07, 6.45) is 10.9. The molecular weight excluding hydrogens is 208 g/mol. The fraction of sp³-hybridized carbons (Fsp3) is 0.625. The van der Waals surface area contributed by atoms with Gasteiger partial charge in [0, 0.05) is 0 Å². The van der Waals surface area contributed by atoms with Crippen molar-refractivity contribution in [1.82, 2.24) is 0 Å². The topological polar surface area (TPSA) is 20.2 Å². The number of benzene rings is 1. The first-order valence-corrected chi connectivity index (χ1v) is 7.07. The molecule has 1 heteroatoms. The largest absolute Gasteiger partial charge is 0.392 e. The highest BCUT2D eigenvalue weighted by molar-refractivity contribution is 5.40. The zero-order chi connectivity index (χ0) is 11.7. The van der Waals surface area contributed by atoms with Gasteiger partial charge in [0.2, 0.25) is 0 Å². The molecule has 1 aromatic carbocycles. The first-order chi connectivity index (χ1) is 8.34. The van der Waals surface area contributed by atoms with Crippen LogP contribution in [0.1, 0.15) is 61.6 Å². The lowest BCUT2D eigenvalue weighted by Crippen LogP contribution is -2.33. The highest BCUT2D eigenvalue weighted by atomic mass is 16.3. The molecule has 0 heterocycles. The molecule has 0 amide bonds. The van der Waals surface area contributed by atoms with E-state index < -0.39 is 0 Å². The molecule has 1 saturated carbocycles. The molecule has 1 spiro atoms. The number of hydrogen-bond acceptors (Lipinski definition) is 1. The minimum absolute atomic E-state index is 0.181. The maximum absolute atomic E-state index is 9.24. The quantitative estimate of drug-likeness (QED) is 0.779. The van der Waals surface area contributed by atoms with Crippen molar-refractivity contribution < 1.29 is 5.11 Å². The van der Waals surface area contributed by atoms with Crippen molar-refractivity contribution in [3.63, 3.8) is 0 Å². The monoisotopic (exact) mass is 230 g/mol. The normalized spacial score (nSPS) is 22.4. The Morgan fingerprint density at radius 3 is 2.53 bits per heavy atom. The van der Waals surface area contributed by atoms with Crippen LogP contribution in [0.5, 0.6) is 0 Å². The van der Waals surface area contributed by atoms with Gasteiger partial charge in [-0.05, 0) is 54.2 Å². The molecule has 0 saturated heterocycles. The van der Waals surface area contributed by atoms with Gasteiger partial charge in [-0.3, -0.25) is 0 Å². The third-order valence-corrected chi connectivity index (χ3v) is 4.84. The minimum Gasteiger partial charge on any atom is -0.392 e. The van der Waals surface area contributed by atoms with E-state index in [1.54, 1.807) is 5.56 Å². The van der Waals surface area contributed by atoms with Gasteiger partial charge in [-0.1, -0.05) is 37.5 Å². The van der Waals surface area contributed by atoms with Crippen molar-refractivity contribution >= 4 is 0 Å². The fourth-order valence-corrected chi connectivity index (χ4v) is 3.97. The van der Waals surface area contributed by atoms with E-state index in [0.29, 0.717) is 5.41 Å². The van der Waals surface area contributed by atoms with Gasteiger partial charge in [-0.15, -0.1) is 0 Å². The van der Waals surface area contributed by atoms with Crippen LogP contribution in [0, 0.1) is 0 Å². The van der Waals surface area contributed by atoms with Crippen molar-refractivity contribution in [1.29, 1.82) is 0 Å². The summed E-state index contributed by atoms with van der Waals surface area (Å²) in [6.45, 7) is 0.181. The predicted octanol–water partition coefficient (Wildman–Crippen LogP) is 3.72. The summed E-state index contributed by atoms with van der Waals surface area (Å²) < 4.78 is 0. The second-order valence-corrected chi connectivity index (χ2v) is 5.84. The van der Waals surface area contributed by atoms with E-state index >= 15 is 0 Å². The van der Waals surface area contributed by atoms with E-state index in [4.69, 9.17) is 0 Å². The molecule has 17 heavy (non-hydrogen) atoms. The molecule has 3 rings (SSSR count). The number of aliphatic hydroxyl groups is 1. The second kappa shape index (κ2) is 4.45. The minimum atomic E-state index is 0.181. The van der Waals surface area contributed by atoms with Gasteiger partial charge in [-0.25, -0.2) is 0 Å². The molecule has 92 valence electrons. The highest BCUT2D eigenvalue weighted by Gasteiger charge is 2.37. The van der Waals surface area contributed by atoms with Crippen LogP contribution in [-0.4, -0.2) is 5.11 Å². The van der Waals surface area contributed by atoms with Crippen LogP contribution >= 0.6 is 0 Å². The molecule has 1 aromatic rings. The summed E-state index contributed by atoms with van der Waals surface area (Å²) in [5.41, 5.74) is 4.71. The molecule has 0 aliphatic heterocycles. The van der Waals surface area contributed by atoms with Crippen LogP contribution in [-0.2, 0) is 18.4 Å². The number of aryl methyl sites for hydroxylation is 1. The van der Waals surface area contributed by atoms with Gasteiger partial charge >= 0.3 is 0 Å². The van der Waals surface area contributed by atoms with Gasteiger partial charge in [-0.2, -0.15) is 0 Å². The fourth-order valence-electron chi connectivity index (χ4n) is 3.97. The Bertz CT molecular complexity index is 402. The Morgan fingerprint density at radius 1 is 1.00 bits per heavy atom. The van der Waals surface area contributed by atoms with Crippen molar-refractivity contribution in [3.8, 4) is 0 Å². The van der Waals surface area contributed by atoms with Gasteiger partial charge in [0.25, 0.3) is 0 Å². The van der Waals surface area contributed by atoms with Crippen molar-refractivity contribution in [2.75, 3.05) is 0 Å². The van der Waals surface area contributed by atoms with E-state index in [2.05, 4.69) is 18.2 Å². The summed E-state index contributed by atoms with van der Waals surface area (Å²) in [5, 5.41) is 9.24. The van der Waals surface area contributed by atoms with E-state index in [0.717, 1.165) is 5.56 Å². The molecular formula is C16H22O. The van der Waals surface area contributed by atoms with Crippen molar-refractivity contribution in [3.05, 3.63) is 34.9 Å². The van der Waals surface area contributed by atoms with Crippen molar-refractivity contribution in [2.24, 2.45) is 0 Å². The standard InChI is InChI=1S/C16H22O/c17-12-13-6-7-15-14(11-13)5-4-10-16(15)8-2-1-3-9-16/h6-7,11,17H,1-5,8-10,12H2. The Hall–Kier alpha value is -0.820. The second-order valence-electron chi connectivity index (χ2n) is 5.84. The lowest BCUT2D eigenvalue weighted by atomic mass is 9.62. The zero-order valence-electron chi connectivity index (χ0n) is 10.5. The summed E-state index contributed by atoms with van der Waals surface area (Å²) in [7, 11) is 0. The van der Waals surface area contributed by atoms with Crippen LogP contribution < -0.4 is 0 Å². The van der Waals surface area contributed by atoms with Crippen LogP contribution in [0.15, 0.2) is 18.2 Å². The van der Waals surface area contributed by atoms with Gasteiger partial charge < -0.3 is 5.11 Å². The van der Waals surface area contributed by atoms with Crippen molar-refractivity contribution in [2.45, 2.75) is 63.4 Å². The molecule has 1 nitrogen and oxygen atoms in total. The first kappa shape index (κ1) is 11.3. The van der Waals surface area contributed by atoms with Crippen LogP contribution in [0.3, 0.4) is 0 Å². The average molecular weight is 230 g/mol.